The molecule has 206 valence electrons. The maximum absolute atomic E-state index is 12.5. The SMILES string of the molecule is CC1(C)C(c2ccc(C(=O)O)c(Cl)c2)=CC[C@@]2(C)C1CC[C@@]1(C)C3CC[C@@]4(C(=O)O)CCCC4[C@H]3CCC12. The highest BCUT2D eigenvalue weighted by atomic mass is 35.5. The Morgan fingerprint density at radius 3 is 2.32 bits per heavy atom. The van der Waals surface area contributed by atoms with Crippen LogP contribution in [0.3, 0.4) is 0 Å². The number of halogens is 1. The van der Waals surface area contributed by atoms with Gasteiger partial charge >= 0.3 is 11.9 Å². The number of carboxylic acids is 2. The summed E-state index contributed by atoms with van der Waals surface area (Å²) >= 11 is 6.40. The average Bonchev–Trinajstić information content (AvgIpc) is 3.29. The van der Waals surface area contributed by atoms with Gasteiger partial charge in [0.15, 0.2) is 0 Å². The molecule has 6 rings (SSSR count). The summed E-state index contributed by atoms with van der Waals surface area (Å²) in [5.74, 6) is 1.25. The lowest BCUT2D eigenvalue weighted by Gasteiger charge is -2.68. The van der Waals surface area contributed by atoms with Crippen molar-refractivity contribution in [2.75, 3.05) is 0 Å². The molecule has 0 aromatic heterocycles. The third-order valence-electron chi connectivity index (χ3n) is 13.0. The molecule has 0 aliphatic heterocycles. The van der Waals surface area contributed by atoms with Gasteiger partial charge in [-0.25, -0.2) is 4.79 Å². The van der Waals surface area contributed by atoms with Crippen LogP contribution >= 0.6 is 11.6 Å². The Hall–Kier alpha value is -1.81. The van der Waals surface area contributed by atoms with E-state index in [2.05, 4.69) is 33.8 Å². The van der Waals surface area contributed by atoms with Crippen molar-refractivity contribution in [1.29, 1.82) is 0 Å². The normalized spacial score (nSPS) is 43.2. The van der Waals surface area contributed by atoms with Crippen LogP contribution in [0.1, 0.15) is 108 Å². The summed E-state index contributed by atoms with van der Waals surface area (Å²) in [6.07, 6.45) is 13.3. The minimum Gasteiger partial charge on any atom is -0.481 e. The Bertz CT molecular complexity index is 1220. The Morgan fingerprint density at radius 1 is 0.868 bits per heavy atom. The van der Waals surface area contributed by atoms with E-state index in [1.165, 1.54) is 31.3 Å². The van der Waals surface area contributed by atoms with Crippen LogP contribution in [0.25, 0.3) is 5.57 Å². The standard InChI is InChI=1S/C33H43ClO4/c1-30(2)22(19-7-8-21(28(35)36)25(34)18-19)11-15-32(4)26(30)13-16-31(3)23-12-17-33(29(37)38)14-5-6-24(33)20(23)9-10-27(31)32/h7-8,11,18,20,23-24,26-27H,5-6,9-10,12-17H2,1-4H3,(H,35,36)(H,37,38)/t20-,23?,24?,26?,27?,31-,32-,33-/m0/s1. The molecular formula is C33H43ClO4. The van der Waals surface area contributed by atoms with E-state index >= 15 is 0 Å². The average molecular weight is 539 g/mol. The van der Waals surface area contributed by atoms with Crippen LogP contribution in [-0.2, 0) is 4.79 Å². The van der Waals surface area contributed by atoms with Crippen LogP contribution in [0, 0.1) is 51.2 Å². The smallest absolute Gasteiger partial charge is 0.337 e. The van der Waals surface area contributed by atoms with Crippen molar-refractivity contribution in [1.82, 2.24) is 0 Å². The van der Waals surface area contributed by atoms with Crippen molar-refractivity contribution in [2.24, 2.45) is 51.2 Å². The molecule has 4 saturated carbocycles. The molecular weight excluding hydrogens is 496 g/mol. The lowest BCUT2D eigenvalue weighted by atomic mass is 9.36. The van der Waals surface area contributed by atoms with E-state index in [1.54, 1.807) is 6.07 Å². The summed E-state index contributed by atoms with van der Waals surface area (Å²) in [7, 11) is 0. The van der Waals surface area contributed by atoms with E-state index in [1.807, 2.05) is 12.1 Å². The van der Waals surface area contributed by atoms with E-state index in [0.29, 0.717) is 34.6 Å². The Kier molecular flexibility index (Phi) is 5.97. The molecule has 1 aromatic rings. The Morgan fingerprint density at radius 2 is 1.63 bits per heavy atom. The van der Waals surface area contributed by atoms with E-state index in [0.717, 1.165) is 44.1 Å². The number of hydrogen-bond donors (Lipinski definition) is 2. The molecule has 5 aliphatic carbocycles. The first kappa shape index (κ1) is 26.4. The molecule has 0 saturated heterocycles. The van der Waals surface area contributed by atoms with Crippen molar-refractivity contribution in [2.45, 2.75) is 91.9 Å². The molecule has 5 heteroatoms. The van der Waals surface area contributed by atoms with Crippen LogP contribution in [0.4, 0.5) is 0 Å². The van der Waals surface area contributed by atoms with Crippen molar-refractivity contribution >= 4 is 29.1 Å². The van der Waals surface area contributed by atoms with Crippen LogP contribution in [0.5, 0.6) is 0 Å². The largest absolute Gasteiger partial charge is 0.481 e. The molecule has 2 N–H and O–H groups in total. The number of carbonyl (C=O) groups is 2. The summed E-state index contributed by atoms with van der Waals surface area (Å²) in [6.45, 7) is 9.90. The number of benzene rings is 1. The summed E-state index contributed by atoms with van der Waals surface area (Å²) in [5.41, 5.74) is 2.47. The monoisotopic (exact) mass is 538 g/mol. The molecule has 4 nitrogen and oxygen atoms in total. The summed E-state index contributed by atoms with van der Waals surface area (Å²) in [4.78, 5) is 24.0. The summed E-state index contributed by atoms with van der Waals surface area (Å²) < 4.78 is 0. The highest BCUT2D eigenvalue weighted by Crippen LogP contribution is 2.73. The molecule has 0 bridgehead atoms. The first-order valence-electron chi connectivity index (χ1n) is 14.8. The fourth-order valence-electron chi connectivity index (χ4n) is 11.5. The van der Waals surface area contributed by atoms with Gasteiger partial charge in [-0.3, -0.25) is 4.79 Å². The van der Waals surface area contributed by atoms with Gasteiger partial charge in [0.2, 0.25) is 0 Å². The highest BCUT2D eigenvalue weighted by molar-refractivity contribution is 6.33. The predicted octanol–water partition coefficient (Wildman–Crippen LogP) is 8.58. The zero-order valence-corrected chi connectivity index (χ0v) is 24.1. The highest BCUT2D eigenvalue weighted by Gasteiger charge is 2.66. The lowest BCUT2D eigenvalue weighted by molar-refractivity contribution is -0.187. The maximum atomic E-state index is 12.5. The van der Waals surface area contributed by atoms with Crippen molar-refractivity contribution in [3.8, 4) is 0 Å². The second-order valence-electron chi connectivity index (χ2n) is 14.5. The second-order valence-corrected chi connectivity index (χ2v) is 15.0. The minimum absolute atomic E-state index is 0.0459. The Balaban J connectivity index is 1.33. The van der Waals surface area contributed by atoms with Gasteiger partial charge < -0.3 is 10.2 Å². The molecule has 1 aromatic carbocycles. The molecule has 5 aliphatic rings. The van der Waals surface area contributed by atoms with Gasteiger partial charge in [0.25, 0.3) is 0 Å². The van der Waals surface area contributed by atoms with Crippen LogP contribution < -0.4 is 0 Å². The minimum atomic E-state index is -0.992. The van der Waals surface area contributed by atoms with E-state index < -0.39 is 17.4 Å². The van der Waals surface area contributed by atoms with Gasteiger partial charge in [0.05, 0.1) is 16.0 Å². The number of aromatic carboxylic acids is 1. The summed E-state index contributed by atoms with van der Waals surface area (Å²) in [5, 5.41) is 20.0. The number of hydrogen-bond acceptors (Lipinski definition) is 2. The van der Waals surface area contributed by atoms with Gasteiger partial charge in [-0.2, -0.15) is 0 Å². The van der Waals surface area contributed by atoms with Crippen LogP contribution in [0.2, 0.25) is 5.02 Å². The summed E-state index contributed by atoms with van der Waals surface area (Å²) in [6, 6.07) is 5.42. The third kappa shape index (κ3) is 3.40. The lowest BCUT2D eigenvalue weighted by Crippen LogP contribution is -2.61. The fourth-order valence-corrected chi connectivity index (χ4v) is 11.8. The molecule has 0 radical (unpaired) electrons. The van der Waals surface area contributed by atoms with Crippen LogP contribution in [-0.4, -0.2) is 22.2 Å². The third-order valence-corrected chi connectivity index (χ3v) is 13.3. The van der Waals surface area contributed by atoms with Crippen molar-refractivity contribution in [3.63, 3.8) is 0 Å². The first-order valence-corrected chi connectivity index (χ1v) is 15.2. The predicted molar refractivity (Wildman–Crippen MR) is 150 cm³/mol. The van der Waals surface area contributed by atoms with Gasteiger partial charge in [-0.05, 0) is 127 Å². The first-order chi connectivity index (χ1) is 17.9. The van der Waals surface area contributed by atoms with E-state index in [9.17, 15) is 19.8 Å². The van der Waals surface area contributed by atoms with Gasteiger partial charge in [0, 0.05) is 0 Å². The van der Waals surface area contributed by atoms with Crippen molar-refractivity contribution < 1.29 is 19.8 Å². The van der Waals surface area contributed by atoms with Gasteiger partial charge in [-0.15, -0.1) is 0 Å². The molecule has 0 amide bonds. The van der Waals surface area contributed by atoms with E-state index in [-0.39, 0.29) is 21.8 Å². The van der Waals surface area contributed by atoms with Crippen LogP contribution in [0.15, 0.2) is 24.3 Å². The molecule has 0 spiro atoms. The fraction of sp³-hybridized carbons (Fsp3) is 0.697. The molecule has 4 fully saturated rings. The van der Waals surface area contributed by atoms with E-state index in [4.69, 9.17) is 11.6 Å². The molecule has 0 heterocycles. The second kappa shape index (κ2) is 8.59. The number of rotatable bonds is 3. The molecule has 8 atom stereocenters. The quantitative estimate of drug-likeness (QED) is 0.404. The number of carboxylic acid groups (broad SMARTS) is 2. The topological polar surface area (TPSA) is 74.6 Å². The Labute approximate surface area is 232 Å². The molecule has 4 unspecified atom stereocenters. The number of allylic oxidation sites excluding steroid dienone is 2. The van der Waals surface area contributed by atoms with Crippen molar-refractivity contribution in [3.05, 3.63) is 40.4 Å². The zero-order chi connectivity index (χ0) is 27.3. The number of aliphatic carboxylic acids is 1. The van der Waals surface area contributed by atoms with Gasteiger partial charge in [-0.1, -0.05) is 57.9 Å². The maximum Gasteiger partial charge on any atom is 0.337 e. The zero-order valence-electron chi connectivity index (χ0n) is 23.4. The number of fused-ring (bicyclic) bond motifs is 7. The molecule has 38 heavy (non-hydrogen) atoms. The van der Waals surface area contributed by atoms with Gasteiger partial charge in [0.1, 0.15) is 0 Å².